The Morgan fingerprint density at radius 1 is 0.979 bits per heavy atom. The summed E-state index contributed by atoms with van der Waals surface area (Å²) < 4.78 is 5.26. The zero-order chi connectivity index (χ0) is 35.0. The summed E-state index contributed by atoms with van der Waals surface area (Å²) in [7, 11) is 3.17. The second-order valence-electron chi connectivity index (χ2n) is 12.5. The van der Waals surface area contributed by atoms with Gasteiger partial charge < -0.3 is 29.2 Å². The molecule has 0 aromatic heterocycles. The fraction of sp³-hybridized carbons (Fsp3) is 0.529. The third kappa shape index (κ3) is 10.4. The summed E-state index contributed by atoms with van der Waals surface area (Å²) >= 11 is 25.0. The van der Waals surface area contributed by atoms with Crippen LogP contribution in [0.4, 0.5) is 4.79 Å². The van der Waals surface area contributed by atoms with Gasteiger partial charge in [-0.1, -0.05) is 57.6 Å². The summed E-state index contributed by atoms with van der Waals surface area (Å²) in [5.41, 5.74) is 1.91. The van der Waals surface area contributed by atoms with E-state index in [-0.39, 0.29) is 49.1 Å². The van der Waals surface area contributed by atoms with E-state index in [0.29, 0.717) is 50.9 Å². The number of likely N-dealkylation sites (tertiary alicyclic amines) is 1. The first kappa shape index (κ1) is 38.0. The van der Waals surface area contributed by atoms with E-state index >= 15 is 0 Å². The lowest BCUT2D eigenvalue weighted by atomic mass is 9.89. The van der Waals surface area contributed by atoms with Gasteiger partial charge >= 0.3 is 12.0 Å². The molecule has 0 saturated carbocycles. The topological polar surface area (TPSA) is 95.0 Å². The van der Waals surface area contributed by atoms with Gasteiger partial charge in [-0.3, -0.25) is 9.59 Å². The third-order valence-electron chi connectivity index (χ3n) is 8.57. The van der Waals surface area contributed by atoms with E-state index in [9.17, 15) is 14.4 Å². The number of oxime groups is 1. The standard InChI is InChI=1S/C34H43Cl4N5O5/c1-22(2)48-32(44)21-42-11-5-12-43(34(42)46)27-8-13-41(14-9-27)15-10-28(23-6-7-29(37)30(38)18-23)31(39-47-4)20-40(3)33(45)24-16-25(35)19-26(36)17-24/h6-7,16-19,22,27-28H,5,8-15,20-21H2,1-4H3/b39-31+. The summed E-state index contributed by atoms with van der Waals surface area (Å²) in [5.74, 6) is -0.883. The van der Waals surface area contributed by atoms with E-state index in [4.69, 9.17) is 56.0 Å². The van der Waals surface area contributed by atoms with Crippen LogP contribution in [-0.4, -0.2) is 115 Å². The molecule has 1 atom stereocenters. The fourth-order valence-corrected chi connectivity index (χ4v) is 7.13. The molecule has 2 saturated heterocycles. The number of carbonyl (C=O) groups excluding carboxylic acids is 3. The first-order valence-corrected chi connectivity index (χ1v) is 17.6. The van der Waals surface area contributed by atoms with Gasteiger partial charge in [-0.05, 0) is 82.0 Å². The number of benzene rings is 2. The number of nitrogens with zero attached hydrogens (tertiary/aromatic N) is 5. The highest BCUT2D eigenvalue weighted by Crippen LogP contribution is 2.31. The van der Waals surface area contributed by atoms with Gasteiger partial charge in [0.1, 0.15) is 13.7 Å². The van der Waals surface area contributed by atoms with Crippen LogP contribution in [0.15, 0.2) is 41.6 Å². The highest BCUT2D eigenvalue weighted by molar-refractivity contribution is 6.42. The van der Waals surface area contributed by atoms with Gasteiger partial charge in [-0.15, -0.1) is 0 Å². The van der Waals surface area contributed by atoms with Gasteiger partial charge in [0, 0.05) is 60.8 Å². The minimum Gasteiger partial charge on any atom is -0.462 e. The Morgan fingerprint density at radius 2 is 1.67 bits per heavy atom. The molecule has 2 aromatic rings. The maximum absolute atomic E-state index is 13.4. The molecule has 1 unspecified atom stereocenters. The Labute approximate surface area is 302 Å². The van der Waals surface area contributed by atoms with Crippen LogP contribution in [-0.2, 0) is 14.4 Å². The molecule has 3 amide bonds. The Balaban J connectivity index is 1.42. The second-order valence-corrected chi connectivity index (χ2v) is 14.1. The Morgan fingerprint density at radius 3 is 2.29 bits per heavy atom. The van der Waals surface area contributed by atoms with Crippen LogP contribution in [0.2, 0.25) is 20.1 Å². The first-order chi connectivity index (χ1) is 22.9. The predicted octanol–water partition coefficient (Wildman–Crippen LogP) is 7.09. The van der Waals surface area contributed by atoms with Crippen molar-refractivity contribution in [2.45, 2.75) is 57.6 Å². The number of ether oxygens (including phenoxy) is 1. The molecule has 2 heterocycles. The normalized spacial score (nSPS) is 17.1. The molecule has 2 aromatic carbocycles. The van der Waals surface area contributed by atoms with E-state index < -0.39 is 0 Å². The summed E-state index contributed by atoms with van der Waals surface area (Å²) in [6.07, 6.45) is 2.92. The number of hydrogen-bond acceptors (Lipinski definition) is 7. The highest BCUT2D eigenvalue weighted by Gasteiger charge is 2.34. The van der Waals surface area contributed by atoms with E-state index in [0.717, 1.165) is 44.5 Å². The van der Waals surface area contributed by atoms with Crippen LogP contribution >= 0.6 is 46.4 Å². The highest BCUT2D eigenvalue weighted by atomic mass is 35.5. The van der Waals surface area contributed by atoms with Crippen molar-refractivity contribution in [3.63, 3.8) is 0 Å². The first-order valence-electron chi connectivity index (χ1n) is 16.1. The summed E-state index contributed by atoms with van der Waals surface area (Å²) in [6.45, 7) is 7.34. The number of carbonyl (C=O) groups is 3. The van der Waals surface area contributed by atoms with E-state index in [1.54, 1.807) is 55.0 Å². The predicted molar refractivity (Wildman–Crippen MR) is 191 cm³/mol. The summed E-state index contributed by atoms with van der Waals surface area (Å²) in [5, 5.41) is 6.00. The molecule has 48 heavy (non-hydrogen) atoms. The van der Waals surface area contributed by atoms with Crippen LogP contribution in [0.3, 0.4) is 0 Å². The zero-order valence-electron chi connectivity index (χ0n) is 27.8. The Bertz CT molecular complexity index is 1460. The number of halogens is 4. The molecule has 2 aliphatic rings. The van der Waals surface area contributed by atoms with Gasteiger partial charge in [-0.2, -0.15) is 0 Å². The molecule has 14 heteroatoms. The number of rotatable bonds is 13. The van der Waals surface area contributed by atoms with Crippen molar-refractivity contribution in [1.82, 2.24) is 19.6 Å². The monoisotopic (exact) mass is 741 g/mol. The summed E-state index contributed by atoms with van der Waals surface area (Å²) in [6, 6.07) is 10.2. The van der Waals surface area contributed by atoms with Gasteiger partial charge in [0.15, 0.2) is 0 Å². The van der Waals surface area contributed by atoms with Gasteiger partial charge in [-0.25, -0.2) is 4.79 Å². The number of esters is 1. The maximum Gasteiger partial charge on any atom is 0.325 e. The average molecular weight is 744 g/mol. The zero-order valence-corrected chi connectivity index (χ0v) is 30.8. The van der Waals surface area contributed by atoms with Crippen LogP contribution < -0.4 is 0 Å². The molecule has 262 valence electrons. The van der Waals surface area contributed by atoms with E-state index in [2.05, 4.69) is 10.1 Å². The minimum absolute atomic E-state index is 0.0263. The van der Waals surface area contributed by atoms with Crippen LogP contribution in [0.5, 0.6) is 0 Å². The molecule has 0 bridgehead atoms. The molecular formula is C34H43Cl4N5O5. The van der Waals surface area contributed by atoms with Crippen LogP contribution in [0, 0.1) is 0 Å². The number of urea groups is 1. The van der Waals surface area contributed by atoms with Gasteiger partial charge in [0.2, 0.25) is 0 Å². The molecule has 4 rings (SSSR count). The molecule has 0 spiro atoms. The number of amides is 3. The Hall–Kier alpha value is -2.76. The van der Waals surface area contributed by atoms with Crippen molar-refractivity contribution in [1.29, 1.82) is 0 Å². The van der Waals surface area contributed by atoms with Crippen molar-refractivity contribution in [2.75, 3.05) is 60.0 Å². The molecular weight excluding hydrogens is 700 g/mol. The smallest absolute Gasteiger partial charge is 0.325 e. The Kier molecular flexibility index (Phi) is 14.1. The molecule has 10 nitrogen and oxygen atoms in total. The van der Waals surface area contributed by atoms with Crippen LogP contribution in [0.25, 0.3) is 0 Å². The molecule has 0 aliphatic carbocycles. The minimum atomic E-state index is -0.382. The quantitative estimate of drug-likeness (QED) is 0.124. The van der Waals surface area contributed by atoms with Crippen molar-refractivity contribution in [3.8, 4) is 0 Å². The molecule has 0 radical (unpaired) electrons. The lowest BCUT2D eigenvalue weighted by Gasteiger charge is -2.43. The fourth-order valence-electron chi connectivity index (χ4n) is 6.30. The van der Waals surface area contributed by atoms with E-state index in [1.165, 1.54) is 7.11 Å². The van der Waals surface area contributed by atoms with Gasteiger partial charge in [0.05, 0.1) is 28.4 Å². The van der Waals surface area contributed by atoms with E-state index in [1.807, 2.05) is 17.0 Å². The number of hydrogen-bond donors (Lipinski definition) is 0. The number of piperidine rings is 1. The SMILES string of the molecule is CO/N=C(\CN(C)C(=O)c1cc(Cl)cc(Cl)c1)C(CCN1CCC(N2CCCN(CC(=O)OC(C)C)C2=O)CC1)c1ccc(Cl)c(Cl)c1. The lowest BCUT2D eigenvalue weighted by molar-refractivity contribution is -0.148. The molecule has 2 fully saturated rings. The maximum atomic E-state index is 13.4. The van der Waals surface area contributed by atoms with Gasteiger partial charge in [0.25, 0.3) is 5.91 Å². The largest absolute Gasteiger partial charge is 0.462 e. The van der Waals surface area contributed by atoms with Crippen molar-refractivity contribution < 1.29 is 24.0 Å². The van der Waals surface area contributed by atoms with Crippen LogP contribution in [0.1, 0.15) is 61.4 Å². The molecule has 0 N–H and O–H groups in total. The van der Waals surface area contributed by atoms with Crippen molar-refractivity contribution in [3.05, 3.63) is 67.6 Å². The van der Waals surface area contributed by atoms with Crippen molar-refractivity contribution in [2.24, 2.45) is 5.16 Å². The van der Waals surface area contributed by atoms with Crippen molar-refractivity contribution >= 4 is 70.0 Å². The summed E-state index contributed by atoms with van der Waals surface area (Å²) in [4.78, 5) is 51.6. The second kappa shape index (κ2) is 17.8. The molecule has 2 aliphatic heterocycles. The third-order valence-corrected chi connectivity index (χ3v) is 9.75. The lowest BCUT2D eigenvalue weighted by Crippen LogP contribution is -2.56. The average Bonchev–Trinajstić information content (AvgIpc) is 3.03.